The molecule has 0 aromatic carbocycles. The van der Waals surface area contributed by atoms with Gasteiger partial charge in [-0.25, -0.2) is 0 Å². The van der Waals surface area contributed by atoms with E-state index in [4.69, 9.17) is 5.11 Å². The highest BCUT2D eigenvalue weighted by atomic mass is 16.3. The van der Waals surface area contributed by atoms with E-state index in [0.29, 0.717) is 6.04 Å². The highest BCUT2D eigenvalue weighted by molar-refractivity contribution is 4.67. The molecule has 0 amide bonds. The van der Waals surface area contributed by atoms with Crippen LogP contribution >= 0.6 is 0 Å². The smallest absolute Gasteiger partial charge is 0.108 e. The Morgan fingerprint density at radius 1 is 1.75 bits per heavy atom. The zero-order chi connectivity index (χ0) is 6.15. The average molecular weight is 115 g/mol. The summed E-state index contributed by atoms with van der Waals surface area (Å²) in [5.74, 6) is 0. The predicted molar refractivity (Wildman–Crippen MR) is 31.3 cm³/mol. The van der Waals surface area contributed by atoms with E-state index >= 15 is 0 Å². The van der Waals surface area contributed by atoms with Crippen molar-refractivity contribution >= 4 is 0 Å². The fourth-order valence-electron chi connectivity index (χ4n) is 1.08. The summed E-state index contributed by atoms with van der Waals surface area (Å²) in [5.41, 5.74) is 0. The molecule has 0 saturated carbocycles. The maximum atomic E-state index is 9.11. The molecule has 0 aromatic heterocycles. The SMILES string of the molecule is [CH2-][NH+]1CC[C@@H](O)[C@H]1C. The summed E-state index contributed by atoms with van der Waals surface area (Å²) < 4.78 is 0. The summed E-state index contributed by atoms with van der Waals surface area (Å²) in [5, 5.41) is 9.11. The van der Waals surface area contributed by atoms with Crippen LogP contribution in [0.2, 0.25) is 0 Å². The standard InChI is InChI=1S/C6H13NO/c1-5-6(8)3-4-7(5)2/h5-8H,2-4H2,1H3/t5-,6-/m1/s1. The van der Waals surface area contributed by atoms with Crippen LogP contribution in [0.15, 0.2) is 0 Å². The Balaban J connectivity index is 2.44. The van der Waals surface area contributed by atoms with Gasteiger partial charge in [0.2, 0.25) is 0 Å². The lowest BCUT2D eigenvalue weighted by atomic mass is 10.2. The molecule has 1 saturated heterocycles. The Hall–Kier alpha value is -0.0800. The van der Waals surface area contributed by atoms with E-state index in [1.54, 1.807) is 0 Å². The van der Waals surface area contributed by atoms with E-state index in [1.165, 1.54) is 4.90 Å². The third kappa shape index (κ3) is 0.858. The molecule has 48 valence electrons. The molecule has 1 aliphatic rings. The molecule has 0 spiro atoms. The minimum Gasteiger partial charge on any atom is -0.463 e. The molecular weight excluding hydrogens is 102 g/mol. The van der Waals surface area contributed by atoms with Crippen LogP contribution in [0.4, 0.5) is 0 Å². The number of aliphatic hydroxyl groups is 1. The molecule has 1 unspecified atom stereocenters. The highest BCUT2D eigenvalue weighted by Gasteiger charge is 2.25. The molecule has 0 aliphatic carbocycles. The molecule has 1 rings (SSSR count). The number of quaternary nitrogens is 1. The van der Waals surface area contributed by atoms with Gasteiger partial charge in [0, 0.05) is 6.42 Å². The zero-order valence-corrected chi connectivity index (χ0v) is 5.22. The van der Waals surface area contributed by atoms with Crippen molar-refractivity contribution in [3.8, 4) is 0 Å². The molecule has 2 nitrogen and oxygen atoms in total. The fourth-order valence-corrected chi connectivity index (χ4v) is 1.08. The monoisotopic (exact) mass is 115 g/mol. The van der Waals surface area contributed by atoms with Crippen LogP contribution in [-0.4, -0.2) is 23.8 Å². The molecule has 1 aliphatic heterocycles. The summed E-state index contributed by atoms with van der Waals surface area (Å²) in [7, 11) is 3.83. The largest absolute Gasteiger partial charge is 0.463 e. The van der Waals surface area contributed by atoms with Crippen LogP contribution in [0.25, 0.3) is 0 Å². The number of aliphatic hydroxyl groups excluding tert-OH is 1. The van der Waals surface area contributed by atoms with Crippen molar-refractivity contribution in [1.29, 1.82) is 0 Å². The Morgan fingerprint density at radius 2 is 2.38 bits per heavy atom. The van der Waals surface area contributed by atoms with Crippen molar-refractivity contribution in [1.82, 2.24) is 0 Å². The quantitative estimate of drug-likeness (QED) is 0.381. The Kier molecular flexibility index (Phi) is 1.54. The summed E-state index contributed by atoms with van der Waals surface area (Å²) >= 11 is 0. The van der Waals surface area contributed by atoms with E-state index in [1.807, 2.05) is 6.92 Å². The van der Waals surface area contributed by atoms with Crippen molar-refractivity contribution < 1.29 is 10.0 Å². The van der Waals surface area contributed by atoms with E-state index in [9.17, 15) is 0 Å². The second-order valence-corrected chi connectivity index (χ2v) is 2.55. The maximum Gasteiger partial charge on any atom is 0.108 e. The second-order valence-electron chi connectivity index (χ2n) is 2.55. The van der Waals surface area contributed by atoms with Crippen molar-refractivity contribution in [2.45, 2.75) is 25.5 Å². The maximum absolute atomic E-state index is 9.11. The van der Waals surface area contributed by atoms with E-state index < -0.39 is 0 Å². The van der Waals surface area contributed by atoms with Crippen LogP contribution in [0.5, 0.6) is 0 Å². The predicted octanol–water partition coefficient (Wildman–Crippen LogP) is -1.18. The lowest BCUT2D eigenvalue weighted by Crippen LogP contribution is -3.08. The Labute approximate surface area is 50.1 Å². The van der Waals surface area contributed by atoms with Gasteiger partial charge in [-0.2, -0.15) is 7.05 Å². The number of hydrogen-bond acceptors (Lipinski definition) is 1. The molecule has 0 radical (unpaired) electrons. The van der Waals surface area contributed by atoms with E-state index in [2.05, 4.69) is 7.05 Å². The number of likely N-dealkylation sites (tertiary alicyclic amines) is 1. The van der Waals surface area contributed by atoms with Crippen molar-refractivity contribution in [3.05, 3.63) is 7.05 Å². The summed E-state index contributed by atoms with van der Waals surface area (Å²) in [6.07, 6.45) is 0.808. The topological polar surface area (TPSA) is 24.7 Å². The lowest BCUT2D eigenvalue weighted by Gasteiger charge is -2.19. The van der Waals surface area contributed by atoms with E-state index in [0.717, 1.165) is 13.0 Å². The van der Waals surface area contributed by atoms with Gasteiger partial charge < -0.3 is 10.0 Å². The Morgan fingerprint density at radius 3 is 2.50 bits per heavy atom. The van der Waals surface area contributed by atoms with Crippen LogP contribution in [0, 0.1) is 7.05 Å². The number of rotatable bonds is 0. The highest BCUT2D eigenvalue weighted by Crippen LogP contribution is 1.98. The first-order valence-corrected chi connectivity index (χ1v) is 3.07. The van der Waals surface area contributed by atoms with Gasteiger partial charge in [-0.15, -0.1) is 0 Å². The molecule has 2 heteroatoms. The number of hydrogen-bond donors (Lipinski definition) is 2. The summed E-state index contributed by atoms with van der Waals surface area (Å²) in [6.45, 7) is 3.04. The van der Waals surface area contributed by atoms with Crippen LogP contribution in [0.1, 0.15) is 13.3 Å². The lowest BCUT2D eigenvalue weighted by molar-refractivity contribution is -0.866. The van der Waals surface area contributed by atoms with Crippen molar-refractivity contribution in [3.63, 3.8) is 0 Å². The van der Waals surface area contributed by atoms with Crippen LogP contribution < -0.4 is 4.90 Å². The van der Waals surface area contributed by atoms with Gasteiger partial charge in [-0.1, -0.05) is 0 Å². The summed E-state index contributed by atoms with van der Waals surface area (Å²) in [6, 6.07) is 0.343. The third-order valence-electron chi connectivity index (χ3n) is 1.98. The van der Waals surface area contributed by atoms with Crippen LogP contribution in [0.3, 0.4) is 0 Å². The van der Waals surface area contributed by atoms with Crippen LogP contribution in [-0.2, 0) is 0 Å². The number of nitrogens with one attached hydrogen (secondary N) is 1. The molecule has 0 bridgehead atoms. The first-order valence-electron chi connectivity index (χ1n) is 3.07. The molecule has 2 N–H and O–H groups in total. The van der Waals surface area contributed by atoms with Gasteiger partial charge in [0.15, 0.2) is 0 Å². The molecular formula is C6H13NO. The van der Waals surface area contributed by atoms with Gasteiger partial charge in [-0.05, 0) is 6.92 Å². The van der Waals surface area contributed by atoms with Crippen molar-refractivity contribution in [2.75, 3.05) is 6.54 Å². The van der Waals surface area contributed by atoms with Gasteiger partial charge in [0.25, 0.3) is 0 Å². The fraction of sp³-hybridized carbons (Fsp3) is 0.833. The normalized spacial score (nSPS) is 47.6. The second kappa shape index (κ2) is 2.03. The minimum absolute atomic E-state index is 0.109. The van der Waals surface area contributed by atoms with E-state index in [-0.39, 0.29) is 6.10 Å². The van der Waals surface area contributed by atoms with Crippen molar-refractivity contribution in [2.24, 2.45) is 0 Å². The third-order valence-corrected chi connectivity index (χ3v) is 1.98. The summed E-state index contributed by atoms with van der Waals surface area (Å²) in [4.78, 5) is 1.21. The molecule has 1 fully saturated rings. The molecule has 0 aromatic rings. The first-order chi connectivity index (χ1) is 3.72. The van der Waals surface area contributed by atoms with Gasteiger partial charge in [0.1, 0.15) is 6.10 Å². The average Bonchev–Trinajstić information content (AvgIpc) is 1.98. The zero-order valence-electron chi connectivity index (χ0n) is 5.22. The van der Waals surface area contributed by atoms with Gasteiger partial charge >= 0.3 is 0 Å². The molecule has 3 atom stereocenters. The van der Waals surface area contributed by atoms with Gasteiger partial charge in [0.05, 0.1) is 12.6 Å². The minimum atomic E-state index is -0.109. The first kappa shape index (κ1) is 6.05. The Bertz CT molecular complexity index is 74.6. The molecule has 1 heterocycles. The molecule has 8 heavy (non-hydrogen) atoms. The van der Waals surface area contributed by atoms with Gasteiger partial charge in [-0.3, -0.25) is 0 Å².